The van der Waals surface area contributed by atoms with Gasteiger partial charge in [-0.05, 0) is 19.1 Å². The van der Waals surface area contributed by atoms with Crippen LogP contribution in [0.15, 0.2) is 34.2 Å². The Morgan fingerprint density at radius 2 is 2.05 bits per heavy atom. The van der Waals surface area contributed by atoms with E-state index in [-0.39, 0.29) is 23.8 Å². The number of nitrogens with zero attached hydrogens (tertiary/aromatic N) is 2. The summed E-state index contributed by atoms with van der Waals surface area (Å²) in [7, 11) is -2.26. The standard InChI is InChI=1S/C12H14N2O4S/c1-3-18-12(15)8-11-13-9-6-4-5-7-10(9)19(16,17)14(11)2/h4-7H,3,8H2,1-2H3. The fourth-order valence-corrected chi connectivity index (χ4v) is 3.06. The summed E-state index contributed by atoms with van der Waals surface area (Å²) in [5, 5.41) is 0. The number of fused-ring (bicyclic) bond motifs is 1. The molecule has 0 unspecified atom stereocenters. The smallest absolute Gasteiger partial charge is 0.313 e. The second-order valence-corrected chi connectivity index (χ2v) is 5.89. The minimum atomic E-state index is -3.64. The lowest BCUT2D eigenvalue weighted by Gasteiger charge is -2.25. The van der Waals surface area contributed by atoms with Gasteiger partial charge in [0.25, 0.3) is 10.0 Å². The third-order valence-electron chi connectivity index (χ3n) is 2.72. The molecule has 1 aliphatic rings. The maximum Gasteiger partial charge on any atom is 0.313 e. The summed E-state index contributed by atoms with van der Waals surface area (Å²) in [6.07, 6.45) is -0.169. The zero-order chi connectivity index (χ0) is 14.0. The zero-order valence-electron chi connectivity index (χ0n) is 10.7. The van der Waals surface area contributed by atoms with E-state index in [1.54, 1.807) is 25.1 Å². The topological polar surface area (TPSA) is 76.0 Å². The van der Waals surface area contributed by atoms with Crippen molar-refractivity contribution in [2.45, 2.75) is 18.2 Å². The largest absolute Gasteiger partial charge is 0.466 e. The van der Waals surface area contributed by atoms with Gasteiger partial charge in [0.05, 0.1) is 12.3 Å². The first-order valence-corrected chi connectivity index (χ1v) is 7.22. The van der Waals surface area contributed by atoms with Crippen LogP contribution >= 0.6 is 0 Å². The Hall–Kier alpha value is -1.89. The molecule has 1 aromatic rings. The van der Waals surface area contributed by atoms with Crippen molar-refractivity contribution in [3.8, 4) is 0 Å². The van der Waals surface area contributed by atoms with Crippen LogP contribution < -0.4 is 0 Å². The number of para-hydroxylation sites is 1. The molecule has 0 atom stereocenters. The van der Waals surface area contributed by atoms with E-state index in [1.807, 2.05) is 0 Å². The van der Waals surface area contributed by atoms with E-state index in [9.17, 15) is 13.2 Å². The lowest BCUT2D eigenvalue weighted by atomic mass is 10.3. The lowest BCUT2D eigenvalue weighted by Crippen LogP contribution is -2.37. The van der Waals surface area contributed by atoms with Gasteiger partial charge in [0.1, 0.15) is 17.2 Å². The quantitative estimate of drug-likeness (QED) is 0.783. The molecule has 0 spiro atoms. The summed E-state index contributed by atoms with van der Waals surface area (Å²) in [6, 6.07) is 6.43. The molecular weight excluding hydrogens is 268 g/mol. The van der Waals surface area contributed by atoms with Gasteiger partial charge < -0.3 is 4.74 Å². The normalized spacial score (nSPS) is 16.5. The van der Waals surface area contributed by atoms with Gasteiger partial charge in [-0.1, -0.05) is 12.1 Å². The fourth-order valence-electron chi connectivity index (χ4n) is 1.76. The highest BCUT2D eigenvalue weighted by atomic mass is 32.2. The number of hydrogen-bond acceptors (Lipinski definition) is 5. The van der Waals surface area contributed by atoms with Gasteiger partial charge in [0.2, 0.25) is 0 Å². The minimum Gasteiger partial charge on any atom is -0.466 e. The molecule has 0 radical (unpaired) electrons. The molecular formula is C12H14N2O4S. The first-order chi connectivity index (χ1) is 8.96. The molecule has 1 heterocycles. The highest BCUT2D eigenvalue weighted by molar-refractivity contribution is 7.90. The third kappa shape index (κ3) is 2.46. The highest BCUT2D eigenvalue weighted by Gasteiger charge is 2.31. The first-order valence-electron chi connectivity index (χ1n) is 5.78. The van der Waals surface area contributed by atoms with Crippen LogP contribution in [0.2, 0.25) is 0 Å². The van der Waals surface area contributed by atoms with Crippen molar-refractivity contribution >= 4 is 27.5 Å². The highest BCUT2D eigenvalue weighted by Crippen LogP contribution is 2.31. The number of benzene rings is 1. The first kappa shape index (κ1) is 13.5. The number of ether oxygens (including phenoxy) is 1. The van der Waals surface area contributed by atoms with Gasteiger partial charge in [-0.2, -0.15) is 0 Å². The molecule has 1 aromatic carbocycles. The molecule has 102 valence electrons. The average Bonchev–Trinajstić information content (AvgIpc) is 2.36. The fraction of sp³-hybridized carbons (Fsp3) is 0.333. The van der Waals surface area contributed by atoms with Crippen LogP contribution in [0.5, 0.6) is 0 Å². The van der Waals surface area contributed by atoms with Crippen LogP contribution in [0.1, 0.15) is 13.3 Å². The Morgan fingerprint density at radius 3 is 2.74 bits per heavy atom. The number of aliphatic imine (C=N–C) groups is 1. The molecule has 19 heavy (non-hydrogen) atoms. The predicted octanol–water partition coefficient (Wildman–Crippen LogP) is 1.30. The van der Waals surface area contributed by atoms with Crippen molar-refractivity contribution in [2.75, 3.05) is 13.7 Å². The van der Waals surface area contributed by atoms with Crippen LogP contribution in [0, 0.1) is 0 Å². The molecule has 0 aliphatic carbocycles. The second kappa shape index (κ2) is 5.00. The van der Waals surface area contributed by atoms with Crippen LogP contribution in [-0.4, -0.2) is 38.2 Å². The monoisotopic (exact) mass is 282 g/mol. The third-order valence-corrected chi connectivity index (χ3v) is 4.56. The predicted molar refractivity (Wildman–Crippen MR) is 69.7 cm³/mol. The Labute approximate surface area is 111 Å². The number of amidine groups is 1. The van der Waals surface area contributed by atoms with E-state index < -0.39 is 16.0 Å². The number of carbonyl (C=O) groups excluding carboxylic acids is 1. The van der Waals surface area contributed by atoms with Crippen LogP contribution in [0.4, 0.5) is 5.69 Å². The summed E-state index contributed by atoms with van der Waals surface area (Å²) in [4.78, 5) is 15.8. The molecule has 0 amide bonds. The molecule has 0 bridgehead atoms. The lowest BCUT2D eigenvalue weighted by molar-refractivity contribution is -0.141. The van der Waals surface area contributed by atoms with Gasteiger partial charge in [-0.15, -0.1) is 0 Å². The van der Waals surface area contributed by atoms with Gasteiger partial charge in [0, 0.05) is 7.05 Å². The molecule has 0 aromatic heterocycles. The van der Waals surface area contributed by atoms with Crippen LogP contribution in [0.3, 0.4) is 0 Å². The van der Waals surface area contributed by atoms with Gasteiger partial charge in [-0.3, -0.25) is 9.10 Å². The average molecular weight is 282 g/mol. The van der Waals surface area contributed by atoms with E-state index in [2.05, 4.69) is 4.99 Å². The summed E-state index contributed by atoms with van der Waals surface area (Å²) >= 11 is 0. The summed E-state index contributed by atoms with van der Waals surface area (Å²) in [5.41, 5.74) is 0.347. The molecule has 0 saturated carbocycles. The summed E-state index contributed by atoms with van der Waals surface area (Å²) in [6.45, 7) is 1.94. The van der Waals surface area contributed by atoms with E-state index in [1.165, 1.54) is 13.1 Å². The van der Waals surface area contributed by atoms with Crippen LogP contribution in [0.25, 0.3) is 0 Å². The second-order valence-electron chi connectivity index (χ2n) is 3.95. The van der Waals surface area contributed by atoms with Crippen molar-refractivity contribution < 1.29 is 17.9 Å². The van der Waals surface area contributed by atoms with Gasteiger partial charge in [-0.25, -0.2) is 13.4 Å². The number of hydrogen-bond donors (Lipinski definition) is 0. The van der Waals surface area contributed by atoms with Crippen molar-refractivity contribution in [1.82, 2.24) is 4.31 Å². The zero-order valence-corrected chi connectivity index (χ0v) is 11.5. The maximum atomic E-state index is 12.2. The Morgan fingerprint density at radius 1 is 1.37 bits per heavy atom. The summed E-state index contributed by atoms with van der Waals surface area (Å²) < 4.78 is 30.3. The number of esters is 1. The van der Waals surface area contributed by atoms with E-state index in [0.717, 1.165) is 4.31 Å². The van der Waals surface area contributed by atoms with E-state index in [4.69, 9.17) is 4.74 Å². The summed E-state index contributed by atoms with van der Waals surface area (Å²) in [5.74, 6) is -0.333. The van der Waals surface area contributed by atoms with Crippen molar-refractivity contribution in [3.05, 3.63) is 24.3 Å². The molecule has 0 fully saturated rings. The molecule has 2 rings (SSSR count). The Kier molecular flexibility index (Phi) is 3.57. The molecule has 6 nitrogen and oxygen atoms in total. The van der Waals surface area contributed by atoms with Crippen LogP contribution in [-0.2, 0) is 19.6 Å². The van der Waals surface area contributed by atoms with E-state index >= 15 is 0 Å². The van der Waals surface area contributed by atoms with E-state index in [0.29, 0.717) is 5.69 Å². The Balaban J connectivity index is 2.42. The van der Waals surface area contributed by atoms with Crippen molar-refractivity contribution in [2.24, 2.45) is 4.99 Å². The minimum absolute atomic E-state index is 0.144. The number of rotatable bonds is 3. The van der Waals surface area contributed by atoms with Gasteiger partial charge in [0.15, 0.2) is 0 Å². The Bertz CT molecular complexity index is 637. The number of sulfonamides is 1. The molecule has 0 saturated heterocycles. The van der Waals surface area contributed by atoms with Crippen molar-refractivity contribution in [3.63, 3.8) is 0 Å². The molecule has 7 heteroatoms. The molecule has 1 aliphatic heterocycles. The maximum absolute atomic E-state index is 12.2. The molecule has 0 N–H and O–H groups in total. The van der Waals surface area contributed by atoms with Crippen molar-refractivity contribution in [1.29, 1.82) is 0 Å². The van der Waals surface area contributed by atoms with Gasteiger partial charge >= 0.3 is 5.97 Å². The SMILES string of the molecule is CCOC(=O)CC1=Nc2ccccc2S(=O)(=O)N1C. The number of carbonyl (C=O) groups is 1.